The van der Waals surface area contributed by atoms with Crippen molar-refractivity contribution in [3.05, 3.63) is 83.9 Å². The Morgan fingerprint density at radius 2 is 0.962 bits per heavy atom. The Kier molecular flexibility index (Phi) is 5.07. The van der Waals surface area contributed by atoms with Gasteiger partial charge in [-0.3, -0.25) is 20.0 Å². The maximum atomic E-state index is 12.2. The predicted octanol–water partition coefficient (Wildman–Crippen LogP) is 3.26. The van der Waals surface area contributed by atoms with Crippen molar-refractivity contribution in [2.75, 3.05) is 0 Å². The third-order valence-corrected chi connectivity index (χ3v) is 4.02. The highest BCUT2D eigenvalue weighted by atomic mass is 16.5. The molecule has 2 amide bonds. The summed E-state index contributed by atoms with van der Waals surface area (Å²) in [7, 11) is 0. The van der Waals surface area contributed by atoms with Crippen molar-refractivity contribution in [2.45, 2.75) is 0 Å². The van der Waals surface area contributed by atoms with Gasteiger partial charge in [-0.2, -0.15) is 0 Å². The molecule has 6 heteroatoms. The van der Waals surface area contributed by atoms with E-state index in [2.05, 4.69) is 0 Å². The van der Waals surface area contributed by atoms with Crippen LogP contribution in [0.3, 0.4) is 0 Å². The summed E-state index contributed by atoms with van der Waals surface area (Å²) in [5.41, 5.74) is 5.98. The van der Waals surface area contributed by atoms with E-state index >= 15 is 0 Å². The summed E-state index contributed by atoms with van der Waals surface area (Å²) in [4.78, 5) is 24.5. The second kappa shape index (κ2) is 7.60. The van der Waals surface area contributed by atoms with Crippen LogP contribution in [0.15, 0.2) is 72.8 Å². The summed E-state index contributed by atoms with van der Waals surface area (Å²) in [6, 6.07) is 21.0. The van der Waals surface area contributed by atoms with E-state index in [0.29, 0.717) is 22.3 Å². The number of carbonyl (C=O) groups excluding carboxylic acids is 2. The van der Waals surface area contributed by atoms with Crippen LogP contribution in [0, 0.1) is 0 Å². The fourth-order valence-electron chi connectivity index (χ4n) is 2.81. The second-order valence-corrected chi connectivity index (χ2v) is 5.56. The van der Waals surface area contributed by atoms with Crippen LogP contribution in [0.5, 0.6) is 0 Å². The third kappa shape index (κ3) is 3.32. The lowest BCUT2D eigenvalue weighted by molar-refractivity contribution is 0.0699. The highest BCUT2D eigenvalue weighted by molar-refractivity contribution is 6.07. The molecule has 0 fully saturated rings. The van der Waals surface area contributed by atoms with Gasteiger partial charge >= 0.3 is 0 Å². The fraction of sp³-hybridized carbons (Fsp3) is 0. The van der Waals surface area contributed by atoms with Crippen LogP contribution < -0.4 is 11.0 Å². The van der Waals surface area contributed by atoms with E-state index in [0.717, 1.165) is 0 Å². The summed E-state index contributed by atoms with van der Waals surface area (Å²) in [5, 5.41) is 18.3. The molecule has 0 aromatic heterocycles. The lowest BCUT2D eigenvalue weighted by atomic mass is 9.90. The summed E-state index contributed by atoms with van der Waals surface area (Å²) in [6.07, 6.45) is 0. The number of nitrogens with one attached hydrogen (secondary N) is 2. The zero-order valence-electron chi connectivity index (χ0n) is 13.6. The van der Waals surface area contributed by atoms with E-state index in [-0.39, 0.29) is 11.1 Å². The van der Waals surface area contributed by atoms with Crippen LogP contribution >= 0.6 is 0 Å². The number of hydrogen-bond donors (Lipinski definition) is 4. The van der Waals surface area contributed by atoms with Gasteiger partial charge in [0.1, 0.15) is 0 Å². The molecule has 3 aromatic rings. The molecular formula is C20H16N2O4. The van der Waals surface area contributed by atoms with Crippen molar-refractivity contribution in [1.82, 2.24) is 11.0 Å². The van der Waals surface area contributed by atoms with E-state index in [1.807, 2.05) is 12.1 Å². The van der Waals surface area contributed by atoms with Gasteiger partial charge in [0.15, 0.2) is 0 Å². The highest BCUT2D eigenvalue weighted by Gasteiger charge is 2.20. The summed E-state index contributed by atoms with van der Waals surface area (Å²) >= 11 is 0. The minimum absolute atomic E-state index is 0.201. The molecular weight excluding hydrogens is 332 g/mol. The molecule has 0 unspecified atom stereocenters. The minimum atomic E-state index is -0.697. The van der Waals surface area contributed by atoms with Crippen molar-refractivity contribution in [3.63, 3.8) is 0 Å². The Balaban J connectivity index is 2.32. The lowest BCUT2D eigenvalue weighted by Crippen LogP contribution is -2.22. The van der Waals surface area contributed by atoms with Gasteiger partial charge in [0.2, 0.25) is 0 Å². The first-order valence-electron chi connectivity index (χ1n) is 7.83. The molecule has 26 heavy (non-hydrogen) atoms. The molecule has 0 aliphatic rings. The van der Waals surface area contributed by atoms with Crippen molar-refractivity contribution < 1.29 is 20.0 Å². The second-order valence-electron chi connectivity index (χ2n) is 5.56. The highest BCUT2D eigenvalue weighted by Crippen LogP contribution is 2.32. The topological polar surface area (TPSA) is 98.7 Å². The number of benzene rings is 3. The number of amides is 2. The van der Waals surface area contributed by atoms with Gasteiger partial charge in [0, 0.05) is 0 Å². The van der Waals surface area contributed by atoms with Crippen molar-refractivity contribution in [2.24, 2.45) is 0 Å². The molecule has 0 saturated heterocycles. The standard InChI is InChI=1S/C20H16N2O4/c23-19(21-25)17-12-16(14-9-5-2-6-10-14)18(20(24)22-26)11-15(17)13-7-3-1-4-8-13/h1-12,25-26H,(H,21,23)(H,22,24). The van der Waals surface area contributed by atoms with Crippen LogP contribution in [0.4, 0.5) is 0 Å². The van der Waals surface area contributed by atoms with Gasteiger partial charge in [-0.1, -0.05) is 60.7 Å². The Morgan fingerprint density at radius 3 is 1.27 bits per heavy atom. The van der Waals surface area contributed by atoms with Crippen LogP contribution in [0.25, 0.3) is 22.3 Å². The zero-order valence-corrected chi connectivity index (χ0v) is 13.6. The Bertz CT molecular complexity index is 862. The maximum absolute atomic E-state index is 12.2. The summed E-state index contributed by atoms with van der Waals surface area (Å²) in [5.74, 6) is -1.39. The normalized spacial score (nSPS) is 10.2. The van der Waals surface area contributed by atoms with E-state index in [1.165, 1.54) is 12.1 Å². The van der Waals surface area contributed by atoms with Gasteiger partial charge in [0.05, 0.1) is 11.1 Å². The quantitative estimate of drug-likeness (QED) is 0.430. The average molecular weight is 348 g/mol. The van der Waals surface area contributed by atoms with E-state index in [1.54, 1.807) is 59.5 Å². The maximum Gasteiger partial charge on any atom is 0.275 e. The molecule has 0 saturated carbocycles. The fourth-order valence-corrected chi connectivity index (χ4v) is 2.81. The van der Waals surface area contributed by atoms with Crippen molar-refractivity contribution in [1.29, 1.82) is 0 Å². The molecule has 0 bridgehead atoms. The molecule has 0 spiro atoms. The molecule has 0 atom stereocenters. The van der Waals surface area contributed by atoms with Crippen LogP contribution in [-0.2, 0) is 0 Å². The Hall–Kier alpha value is -3.48. The molecule has 0 aliphatic carbocycles. The van der Waals surface area contributed by atoms with Gasteiger partial charge in [-0.05, 0) is 34.4 Å². The van der Waals surface area contributed by atoms with Gasteiger partial charge < -0.3 is 0 Å². The van der Waals surface area contributed by atoms with Crippen LogP contribution in [0.1, 0.15) is 20.7 Å². The van der Waals surface area contributed by atoms with Crippen molar-refractivity contribution >= 4 is 11.8 Å². The first-order valence-corrected chi connectivity index (χ1v) is 7.83. The van der Waals surface area contributed by atoms with Crippen molar-refractivity contribution in [3.8, 4) is 22.3 Å². The van der Waals surface area contributed by atoms with Crippen LogP contribution in [-0.4, -0.2) is 22.2 Å². The number of carbonyl (C=O) groups is 2. The third-order valence-electron chi connectivity index (χ3n) is 4.02. The molecule has 6 nitrogen and oxygen atoms in total. The molecule has 3 aromatic carbocycles. The van der Waals surface area contributed by atoms with Gasteiger partial charge in [0.25, 0.3) is 11.8 Å². The number of hydroxylamine groups is 2. The molecule has 130 valence electrons. The molecule has 3 rings (SSSR count). The smallest absolute Gasteiger partial charge is 0.275 e. The van der Waals surface area contributed by atoms with Crippen LogP contribution in [0.2, 0.25) is 0 Å². The minimum Gasteiger partial charge on any atom is -0.288 e. The molecule has 0 aliphatic heterocycles. The van der Waals surface area contributed by atoms with E-state index in [9.17, 15) is 9.59 Å². The number of hydrogen-bond acceptors (Lipinski definition) is 4. The molecule has 0 radical (unpaired) electrons. The van der Waals surface area contributed by atoms with E-state index in [4.69, 9.17) is 10.4 Å². The zero-order chi connectivity index (χ0) is 18.5. The first kappa shape index (κ1) is 17.3. The monoisotopic (exact) mass is 348 g/mol. The van der Waals surface area contributed by atoms with Gasteiger partial charge in [-0.25, -0.2) is 11.0 Å². The number of rotatable bonds is 4. The van der Waals surface area contributed by atoms with Gasteiger partial charge in [-0.15, -0.1) is 0 Å². The molecule has 4 N–H and O–H groups in total. The summed E-state index contributed by atoms with van der Waals surface area (Å²) < 4.78 is 0. The molecule has 0 heterocycles. The largest absolute Gasteiger partial charge is 0.288 e. The SMILES string of the molecule is O=C(NO)c1cc(-c2ccccc2)c(C(=O)NO)cc1-c1ccccc1. The lowest BCUT2D eigenvalue weighted by Gasteiger charge is -2.15. The average Bonchev–Trinajstić information content (AvgIpc) is 2.73. The Labute approximate surface area is 149 Å². The predicted molar refractivity (Wildman–Crippen MR) is 95.8 cm³/mol. The Morgan fingerprint density at radius 1 is 0.615 bits per heavy atom. The first-order chi connectivity index (χ1) is 12.7. The summed E-state index contributed by atoms with van der Waals surface area (Å²) in [6.45, 7) is 0. The van der Waals surface area contributed by atoms with E-state index < -0.39 is 11.8 Å².